The number of rotatable bonds is 4. The molecule has 0 amide bonds. The van der Waals surface area contributed by atoms with Crippen LogP contribution in [0.25, 0.3) is 0 Å². The Bertz CT molecular complexity index is 503. The second kappa shape index (κ2) is 5.44. The lowest BCUT2D eigenvalue weighted by molar-refractivity contribution is -0.137. The van der Waals surface area contributed by atoms with Crippen molar-refractivity contribution in [2.75, 3.05) is 0 Å². The van der Waals surface area contributed by atoms with E-state index in [-0.39, 0.29) is 6.04 Å². The highest BCUT2D eigenvalue weighted by atomic mass is 19.4. The van der Waals surface area contributed by atoms with Gasteiger partial charge < -0.3 is 5.32 Å². The highest BCUT2D eigenvalue weighted by Gasteiger charge is 2.30. The van der Waals surface area contributed by atoms with Crippen molar-refractivity contribution in [3.05, 3.63) is 53.3 Å². The van der Waals surface area contributed by atoms with Gasteiger partial charge in [-0.05, 0) is 24.6 Å². The van der Waals surface area contributed by atoms with Crippen LogP contribution in [-0.2, 0) is 12.7 Å². The van der Waals surface area contributed by atoms with Crippen LogP contribution in [-0.4, -0.2) is 10.2 Å². The van der Waals surface area contributed by atoms with E-state index in [2.05, 4.69) is 15.5 Å². The summed E-state index contributed by atoms with van der Waals surface area (Å²) in [6.07, 6.45) is -0.815. The van der Waals surface area contributed by atoms with Crippen molar-refractivity contribution >= 4 is 0 Å². The molecule has 0 fully saturated rings. The first-order valence-electron chi connectivity index (χ1n) is 5.85. The Morgan fingerprint density at radius 1 is 1.26 bits per heavy atom. The average Bonchev–Trinajstić information content (AvgIpc) is 2.88. The Labute approximate surface area is 108 Å². The summed E-state index contributed by atoms with van der Waals surface area (Å²) in [4.78, 5) is 0. The molecule has 2 rings (SSSR count). The zero-order valence-corrected chi connectivity index (χ0v) is 10.3. The van der Waals surface area contributed by atoms with Crippen LogP contribution in [0, 0.1) is 0 Å². The topological polar surface area (TPSA) is 40.7 Å². The molecule has 2 N–H and O–H groups in total. The minimum absolute atomic E-state index is 0.0304. The molecule has 2 aromatic rings. The molecule has 102 valence electrons. The number of halogens is 3. The van der Waals surface area contributed by atoms with Gasteiger partial charge in [-0.3, -0.25) is 5.10 Å². The second-order valence-corrected chi connectivity index (χ2v) is 4.33. The quantitative estimate of drug-likeness (QED) is 0.894. The number of aromatic nitrogens is 2. The van der Waals surface area contributed by atoms with E-state index in [0.29, 0.717) is 6.54 Å². The molecule has 0 saturated carbocycles. The van der Waals surface area contributed by atoms with Gasteiger partial charge in [0.1, 0.15) is 0 Å². The van der Waals surface area contributed by atoms with Gasteiger partial charge in [0.2, 0.25) is 0 Å². The minimum atomic E-state index is -4.29. The summed E-state index contributed by atoms with van der Waals surface area (Å²) in [5.74, 6) is 0. The Morgan fingerprint density at radius 2 is 1.95 bits per heavy atom. The number of hydrogen-bond acceptors (Lipinski definition) is 2. The van der Waals surface area contributed by atoms with Crippen LogP contribution in [0.15, 0.2) is 36.7 Å². The lowest BCUT2D eigenvalue weighted by Crippen LogP contribution is -2.18. The van der Waals surface area contributed by atoms with Gasteiger partial charge in [-0.15, -0.1) is 0 Å². The van der Waals surface area contributed by atoms with Crippen molar-refractivity contribution in [3.8, 4) is 0 Å². The maximum Gasteiger partial charge on any atom is 0.416 e. The fourth-order valence-electron chi connectivity index (χ4n) is 1.72. The number of alkyl halides is 3. The van der Waals surface area contributed by atoms with Crippen molar-refractivity contribution in [1.29, 1.82) is 0 Å². The molecule has 0 aliphatic carbocycles. The molecule has 6 heteroatoms. The molecular formula is C13H14F3N3. The Morgan fingerprint density at radius 3 is 2.47 bits per heavy atom. The summed E-state index contributed by atoms with van der Waals surface area (Å²) < 4.78 is 37.3. The standard InChI is InChI=1S/C13H14F3N3/c1-9(17-6-10-7-18-19-8-10)11-2-4-12(5-3-11)13(14,15)16/h2-5,7-9,17H,6H2,1H3,(H,18,19). The normalized spacial score (nSPS) is 13.5. The molecule has 0 radical (unpaired) electrons. The van der Waals surface area contributed by atoms with E-state index in [1.807, 2.05) is 6.92 Å². The Balaban J connectivity index is 1.97. The summed E-state index contributed by atoms with van der Waals surface area (Å²) in [5.41, 5.74) is 1.19. The van der Waals surface area contributed by atoms with Gasteiger partial charge in [0.15, 0.2) is 0 Å². The first-order valence-corrected chi connectivity index (χ1v) is 5.85. The summed E-state index contributed by atoms with van der Waals surface area (Å²) in [6, 6.07) is 5.17. The predicted octanol–water partition coefficient (Wildman–Crippen LogP) is 3.28. The third-order valence-corrected chi connectivity index (χ3v) is 2.91. The zero-order valence-electron chi connectivity index (χ0n) is 10.3. The Kier molecular flexibility index (Phi) is 3.90. The van der Waals surface area contributed by atoms with Crippen LogP contribution in [0.2, 0.25) is 0 Å². The molecule has 1 unspecified atom stereocenters. The molecule has 0 aliphatic rings. The smallest absolute Gasteiger partial charge is 0.306 e. The summed E-state index contributed by atoms with van der Waals surface area (Å²) in [7, 11) is 0. The lowest BCUT2D eigenvalue weighted by atomic mass is 10.1. The monoisotopic (exact) mass is 269 g/mol. The number of benzene rings is 1. The van der Waals surface area contributed by atoms with Crippen LogP contribution >= 0.6 is 0 Å². The Hall–Kier alpha value is -1.82. The summed E-state index contributed by atoms with van der Waals surface area (Å²) >= 11 is 0. The molecule has 19 heavy (non-hydrogen) atoms. The number of aromatic amines is 1. The maximum absolute atomic E-state index is 12.4. The van der Waals surface area contributed by atoms with Crippen molar-refractivity contribution in [1.82, 2.24) is 15.5 Å². The van der Waals surface area contributed by atoms with E-state index in [4.69, 9.17) is 0 Å². The average molecular weight is 269 g/mol. The highest BCUT2D eigenvalue weighted by Crippen LogP contribution is 2.29. The van der Waals surface area contributed by atoms with Gasteiger partial charge in [-0.1, -0.05) is 12.1 Å². The first kappa shape index (κ1) is 13.6. The van der Waals surface area contributed by atoms with Crippen molar-refractivity contribution in [3.63, 3.8) is 0 Å². The molecule has 0 aliphatic heterocycles. The van der Waals surface area contributed by atoms with Gasteiger partial charge in [-0.2, -0.15) is 18.3 Å². The summed E-state index contributed by atoms with van der Waals surface area (Å²) in [6.45, 7) is 2.52. The second-order valence-electron chi connectivity index (χ2n) is 4.33. The first-order chi connectivity index (χ1) is 8.97. The highest BCUT2D eigenvalue weighted by molar-refractivity contribution is 5.26. The largest absolute Gasteiger partial charge is 0.416 e. The van der Waals surface area contributed by atoms with Crippen LogP contribution in [0.3, 0.4) is 0 Å². The van der Waals surface area contributed by atoms with Crippen molar-refractivity contribution in [2.24, 2.45) is 0 Å². The van der Waals surface area contributed by atoms with Gasteiger partial charge >= 0.3 is 6.18 Å². The van der Waals surface area contributed by atoms with E-state index in [9.17, 15) is 13.2 Å². The van der Waals surface area contributed by atoms with Gasteiger partial charge in [-0.25, -0.2) is 0 Å². The van der Waals surface area contributed by atoms with E-state index in [1.54, 1.807) is 12.4 Å². The fraction of sp³-hybridized carbons (Fsp3) is 0.308. The summed E-state index contributed by atoms with van der Waals surface area (Å²) in [5, 5.41) is 9.74. The lowest BCUT2D eigenvalue weighted by Gasteiger charge is -2.14. The number of nitrogens with zero attached hydrogens (tertiary/aromatic N) is 1. The van der Waals surface area contributed by atoms with Gasteiger partial charge in [0.25, 0.3) is 0 Å². The van der Waals surface area contributed by atoms with Crippen LogP contribution < -0.4 is 5.32 Å². The third-order valence-electron chi connectivity index (χ3n) is 2.91. The van der Waals surface area contributed by atoms with E-state index in [0.717, 1.165) is 23.3 Å². The third kappa shape index (κ3) is 3.57. The molecule has 1 aromatic heterocycles. The molecule has 1 aromatic carbocycles. The van der Waals surface area contributed by atoms with Crippen LogP contribution in [0.4, 0.5) is 13.2 Å². The SMILES string of the molecule is CC(NCc1cn[nH]c1)c1ccc(C(F)(F)F)cc1. The molecule has 0 spiro atoms. The van der Waals surface area contributed by atoms with Crippen molar-refractivity contribution in [2.45, 2.75) is 25.7 Å². The van der Waals surface area contributed by atoms with Gasteiger partial charge in [0, 0.05) is 24.3 Å². The van der Waals surface area contributed by atoms with Crippen LogP contribution in [0.5, 0.6) is 0 Å². The zero-order chi connectivity index (χ0) is 13.9. The number of H-pyrrole nitrogens is 1. The molecule has 0 saturated heterocycles. The molecule has 1 atom stereocenters. The van der Waals surface area contributed by atoms with Crippen molar-refractivity contribution < 1.29 is 13.2 Å². The molecular weight excluding hydrogens is 255 g/mol. The van der Waals surface area contributed by atoms with E-state index >= 15 is 0 Å². The van der Waals surface area contributed by atoms with E-state index in [1.165, 1.54) is 12.1 Å². The molecule has 3 nitrogen and oxygen atoms in total. The molecule has 1 heterocycles. The van der Waals surface area contributed by atoms with Crippen LogP contribution in [0.1, 0.15) is 29.7 Å². The number of hydrogen-bond donors (Lipinski definition) is 2. The maximum atomic E-state index is 12.4. The number of nitrogens with one attached hydrogen (secondary N) is 2. The minimum Gasteiger partial charge on any atom is -0.306 e. The predicted molar refractivity (Wildman–Crippen MR) is 65.3 cm³/mol. The molecule has 0 bridgehead atoms. The van der Waals surface area contributed by atoms with E-state index < -0.39 is 11.7 Å². The van der Waals surface area contributed by atoms with Gasteiger partial charge in [0.05, 0.1) is 11.8 Å². The fourth-order valence-corrected chi connectivity index (χ4v) is 1.72.